The smallest absolute Gasteiger partial charge is 0.255 e. The average molecular weight is 277 g/mol. The number of nitrogen functional groups attached to an aromatic ring is 1. The molecule has 1 unspecified atom stereocenters. The van der Waals surface area contributed by atoms with Crippen LogP contribution >= 0.6 is 0 Å². The maximum absolute atomic E-state index is 12.3. The van der Waals surface area contributed by atoms with Gasteiger partial charge in [-0.25, -0.2) is 0 Å². The van der Waals surface area contributed by atoms with Crippen LogP contribution in [0.4, 0.5) is 5.69 Å². The minimum Gasteiger partial charge on any atom is -0.493 e. The van der Waals surface area contributed by atoms with Crippen molar-refractivity contribution in [3.05, 3.63) is 17.7 Å². The molecule has 20 heavy (non-hydrogen) atoms. The van der Waals surface area contributed by atoms with Gasteiger partial charge in [0.25, 0.3) is 5.91 Å². The van der Waals surface area contributed by atoms with E-state index in [2.05, 4.69) is 6.07 Å². The van der Waals surface area contributed by atoms with Crippen molar-refractivity contribution in [1.29, 1.82) is 5.26 Å². The summed E-state index contributed by atoms with van der Waals surface area (Å²) in [6, 6.07) is 5.18. The van der Waals surface area contributed by atoms with Crippen LogP contribution in [0.5, 0.6) is 11.5 Å². The maximum atomic E-state index is 12.3. The highest BCUT2D eigenvalue weighted by molar-refractivity contribution is 6.00. The Labute approximate surface area is 118 Å². The van der Waals surface area contributed by atoms with E-state index in [0.29, 0.717) is 29.3 Å². The Morgan fingerprint density at radius 1 is 1.40 bits per heavy atom. The molecule has 0 spiro atoms. The van der Waals surface area contributed by atoms with E-state index in [-0.39, 0.29) is 11.8 Å². The summed E-state index contributed by atoms with van der Waals surface area (Å²) in [6.07, 6.45) is 0. The number of benzene rings is 1. The molecule has 0 aromatic heterocycles. The van der Waals surface area contributed by atoms with Gasteiger partial charge in [0.2, 0.25) is 0 Å². The third-order valence-electron chi connectivity index (χ3n) is 2.90. The monoisotopic (exact) mass is 277 g/mol. The van der Waals surface area contributed by atoms with Crippen molar-refractivity contribution in [3.8, 4) is 17.6 Å². The normalized spacial score (nSPS) is 11.3. The lowest BCUT2D eigenvalue weighted by Gasteiger charge is -2.20. The fourth-order valence-electron chi connectivity index (χ4n) is 1.82. The topological polar surface area (TPSA) is 88.6 Å². The number of hydrogen-bond acceptors (Lipinski definition) is 5. The van der Waals surface area contributed by atoms with Crippen molar-refractivity contribution in [2.24, 2.45) is 5.92 Å². The molecule has 1 rings (SSSR count). The minimum absolute atomic E-state index is 0.245. The van der Waals surface area contributed by atoms with Gasteiger partial charge in [0.05, 0.1) is 31.8 Å². The van der Waals surface area contributed by atoms with Gasteiger partial charge in [-0.1, -0.05) is 0 Å². The highest BCUT2D eigenvalue weighted by atomic mass is 16.5. The van der Waals surface area contributed by atoms with E-state index in [1.165, 1.54) is 19.1 Å². The Balaban J connectivity index is 3.07. The first kappa shape index (κ1) is 15.6. The highest BCUT2D eigenvalue weighted by Crippen LogP contribution is 2.32. The van der Waals surface area contributed by atoms with Gasteiger partial charge < -0.3 is 20.1 Å². The van der Waals surface area contributed by atoms with Crippen LogP contribution in [0.2, 0.25) is 0 Å². The Morgan fingerprint density at radius 2 is 1.95 bits per heavy atom. The molecular weight excluding hydrogens is 258 g/mol. The molecule has 0 heterocycles. The predicted octanol–water partition coefficient (Wildman–Crippen LogP) is 1.52. The van der Waals surface area contributed by atoms with Crippen LogP contribution in [0.3, 0.4) is 0 Å². The molecular formula is C14H19N3O3. The van der Waals surface area contributed by atoms with Gasteiger partial charge in [0, 0.05) is 25.3 Å². The number of carbonyl (C=O) groups excluding carboxylic acids is 1. The van der Waals surface area contributed by atoms with Crippen molar-refractivity contribution in [1.82, 2.24) is 4.90 Å². The molecule has 1 aromatic carbocycles. The van der Waals surface area contributed by atoms with Crippen LogP contribution in [0.1, 0.15) is 17.3 Å². The SMILES string of the molecule is COc1cc(N)c(C(=O)N(C)CC(C)C#N)cc1OC. The van der Waals surface area contributed by atoms with Crippen LogP contribution in [-0.2, 0) is 0 Å². The minimum atomic E-state index is -0.259. The first-order valence-corrected chi connectivity index (χ1v) is 6.11. The molecule has 0 radical (unpaired) electrons. The lowest BCUT2D eigenvalue weighted by atomic mass is 10.1. The molecule has 6 heteroatoms. The second-order valence-corrected chi connectivity index (χ2v) is 4.51. The molecule has 108 valence electrons. The van der Waals surface area contributed by atoms with Gasteiger partial charge in [-0.05, 0) is 13.0 Å². The highest BCUT2D eigenvalue weighted by Gasteiger charge is 2.19. The molecule has 1 atom stereocenters. The summed E-state index contributed by atoms with van der Waals surface area (Å²) in [5, 5.41) is 8.79. The van der Waals surface area contributed by atoms with Crippen LogP contribution in [0.25, 0.3) is 0 Å². The molecule has 1 amide bonds. The van der Waals surface area contributed by atoms with E-state index in [1.807, 2.05) is 0 Å². The Kier molecular flexibility index (Phi) is 5.21. The summed E-state index contributed by atoms with van der Waals surface area (Å²) in [5.74, 6) is 0.400. The van der Waals surface area contributed by atoms with Gasteiger partial charge in [0.15, 0.2) is 11.5 Å². The van der Waals surface area contributed by atoms with Crippen molar-refractivity contribution < 1.29 is 14.3 Å². The first-order chi connectivity index (χ1) is 9.44. The van der Waals surface area contributed by atoms with Crippen molar-refractivity contribution in [2.75, 3.05) is 33.5 Å². The number of ether oxygens (including phenoxy) is 2. The Bertz CT molecular complexity index is 537. The van der Waals surface area contributed by atoms with Gasteiger partial charge in [-0.2, -0.15) is 5.26 Å². The number of nitrogens with two attached hydrogens (primary N) is 1. The average Bonchev–Trinajstić information content (AvgIpc) is 2.45. The molecule has 6 nitrogen and oxygen atoms in total. The Morgan fingerprint density at radius 3 is 2.45 bits per heavy atom. The molecule has 2 N–H and O–H groups in total. The standard InChI is InChI=1S/C14H19N3O3/c1-9(7-15)8-17(2)14(18)10-5-12(19-3)13(20-4)6-11(10)16/h5-6,9H,8,16H2,1-4H3. The van der Waals surface area contributed by atoms with Crippen molar-refractivity contribution in [2.45, 2.75) is 6.92 Å². The second-order valence-electron chi connectivity index (χ2n) is 4.51. The summed E-state index contributed by atoms with van der Waals surface area (Å²) < 4.78 is 10.3. The second kappa shape index (κ2) is 6.66. The predicted molar refractivity (Wildman–Crippen MR) is 75.7 cm³/mol. The number of rotatable bonds is 5. The zero-order valence-corrected chi connectivity index (χ0v) is 12.1. The van der Waals surface area contributed by atoms with Crippen LogP contribution < -0.4 is 15.2 Å². The van der Waals surface area contributed by atoms with E-state index in [9.17, 15) is 4.79 Å². The summed E-state index contributed by atoms with van der Waals surface area (Å²) in [5.41, 5.74) is 6.51. The molecule has 0 fully saturated rings. The first-order valence-electron chi connectivity index (χ1n) is 6.11. The van der Waals surface area contributed by atoms with E-state index >= 15 is 0 Å². The van der Waals surface area contributed by atoms with Crippen LogP contribution in [0, 0.1) is 17.2 Å². The number of nitrogens with zero attached hydrogens (tertiary/aromatic N) is 2. The Hall–Kier alpha value is -2.42. The van der Waals surface area contributed by atoms with E-state index in [0.717, 1.165) is 0 Å². The van der Waals surface area contributed by atoms with Gasteiger partial charge >= 0.3 is 0 Å². The van der Waals surface area contributed by atoms with E-state index in [4.69, 9.17) is 20.5 Å². The molecule has 0 aliphatic rings. The molecule has 1 aromatic rings. The fraction of sp³-hybridized carbons (Fsp3) is 0.429. The molecule has 0 saturated heterocycles. The molecule has 0 bridgehead atoms. The zero-order chi connectivity index (χ0) is 15.3. The zero-order valence-electron chi connectivity index (χ0n) is 12.1. The molecule has 0 saturated carbocycles. The quantitative estimate of drug-likeness (QED) is 0.824. The number of carbonyl (C=O) groups is 1. The van der Waals surface area contributed by atoms with E-state index < -0.39 is 0 Å². The summed E-state index contributed by atoms with van der Waals surface area (Å²) in [4.78, 5) is 13.8. The number of methoxy groups -OCH3 is 2. The van der Waals surface area contributed by atoms with E-state index in [1.54, 1.807) is 26.1 Å². The maximum Gasteiger partial charge on any atom is 0.255 e. The number of nitriles is 1. The van der Waals surface area contributed by atoms with Gasteiger partial charge in [-0.15, -0.1) is 0 Å². The third kappa shape index (κ3) is 3.32. The van der Waals surface area contributed by atoms with Crippen LogP contribution in [-0.4, -0.2) is 38.6 Å². The number of hydrogen-bond donors (Lipinski definition) is 1. The van der Waals surface area contributed by atoms with Gasteiger partial charge in [0.1, 0.15) is 0 Å². The summed E-state index contributed by atoms with van der Waals surface area (Å²) in [6.45, 7) is 2.09. The van der Waals surface area contributed by atoms with Gasteiger partial charge in [-0.3, -0.25) is 4.79 Å². The summed E-state index contributed by atoms with van der Waals surface area (Å²) in [7, 11) is 4.62. The lowest BCUT2D eigenvalue weighted by molar-refractivity contribution is 0.0785. The summed E-state index contributed by atoms with van der Waals surface area (Å²) >= 11 is 0. The third-order valence-corrected chi connectivity index (χ3v) is 2.90. The largest absolute Gasteiger partial charge is 0.493 e. The number of amides is 1. The van der Waals surface area contributed by atoms with Crippen LogP contribution in [0.15, 0.2) is 12.1 Å². The lowest BCUT2D eigenvalue weighted by Crippen LogP contribution is -2.31. The van der Waals surface area contributed by atoms with Crippen molar-refractivity contribution >= 4 is 11.6 Å². The molecule has 0 aliphatic carbocycles. The molecule has 0 aliphatic heterocycles. The van der Waals surface area contributed by atoms with Crippen molar-refractivity contribution in [3.63, 3.8) is 0 Å². The fourth-order valence-corrected chi connectivity index (χ4v) is 1.82. The number of anilines is 1.